The van der Waals surface area contributed by atoms with Gasteiger partial charge in [-0.3, -0.25) is 14.3 Å². The summed E-state index contributed by atoms with van der Waals surface area (Å²) >= 11 is 0. The molecule has 1 fully saturated rings. The highest BCUT2D eigenvalue weighted by Gasteiger charge is 2.28. The van der Waals surface area contributed by atoms with E-state index in [0.717, 1.165) is 12.0 Å². The van der Waals surface area contributed by atoms with Crippen molar-refractivity contribution in [3.05, 3.63) is 59.7 Å². The summed E-state index contributed by atoms with van der Waals surface area (Å²) < 4.78 is 28.1. The van der Waals surface area contributed by atoms with Crippen LogP contribution in [-0.4, -0.2) is 44.3 Å². The molecule has 2 N–H and O–H groups in total. The molecule has 1 heterocycles. The molecule has 1 saturated heterocycles. The number of hydrogen-bond acceptors (Lipinski definition) is 4. The maximum atomic E-state index is 12.9. The van der Waals surface area contributed by atoms with E-state index in [1.165, 1.54) is 0 Å². The van der Waals surface area contributed by atoms with Gasteiger partial charge in [0, 0.05) is 36.3 Å². The first-order valence-electron chi connectivity index (χ1n) is 12.2. The van der Waals surface area contributed by atoms with E-state index < -0.39 is 10.0 Å². The number of piperidine rings is 1. The number of carbonyl (C=O) groups is 2. The van der Waals surface area contributed by atoms with Crippen molar-refractivity contribution in [3.8, 4) is 0 Å². The number of amides is 2. The fraction of sp³-hybridized carbons (Fsp3) is 0.481. The summed E-state index contributed by atoms with van der Waals surface area (Å²) in [6, 6.07) is 13.5. The second-order valence-electron chi connectivity index (χ2n) is 10.3. The van der Waals surface area contributed by atoms with Gasteiger partial charge in [-0.2, -0.15) is 0 Å². The van der Waals surface area contributed by atoms with E-state index in [1.54, 1.807) is 41.3 Å². The molecule has 2 amide bonds. The van der Waals surface area contributed by atoms with E-state index in [1.807, 2.05) is 26.0 Å². The molecule has 2 aromatic rings. The first-order chi connectivity index (χ1) is 16.4. The Labute approximate surface area is 209 Å². The van der Waals surface area contributed by atoms with Gasteiger partial charge in [0.05, 0.1) is 4.90 Å². The summed E-state index contributed by atoms with van der Waals surface area (Å²) in [5.74, 6) is -0.114. The maximum absolute atomic E-state index is 12.9. The first kappa shape index (κ1) is 26.7. The summed E-state index contributed by atoms with van der Waals surface area (Å²) in [4.78, 5) is 27.2. The Morgan fingerprint density at radius 3 is 2.09 bits per heavy atom. The fourth-order valence-electron chi connectivity index (χ4n) is 4.02. The third kappa shape index (κ3) is 6.84. The number of nitrogens with one attached hydrogen (secondary N) is 2. The Balaban J connectivity index is 1.59. The SMILES string of the molecule is CC[C@@H](C)NC(=O)C1CCN(C(=O)c2ccc(NS(=O)(=O)c3ccc(C(C)(C)C)cc3)cc2)CC1. The van der Waals surface area contributed by atoms with Gasteiger partial charge in [0.2, 0.25) is 5.91 Å². The van der Waals surface area contributed by atoms with Crippen LogP contribution in [0.3, 0.4) is 0 Å². The van der Waals surface area contributed by atoms with Crippen LogP contribution in [0.1, 0.15) is 69.8 Å². The zero-order valence-electron chi connectivity index (χ0n) is 21.3. The number of benzene rings is 2. The first-order valence-corrected chi connectivity index (χ1v) is 13.7. The molecule has 190 valence electrons. The molecule has 0 saturated carbocycles. The molecule has 0 radical (unpaired) electrons. The van der Waals surface area contributed by atoms with Crippen LogP contribution in [0.15, 0.2) is 53.4 Å². The molecule has 35 heavy (non-hydrogen) atoms. The Bertz CT molecular complexity index is 1130. The Morgan fingerprint density at radius 1 is 1.00 bits per heavy atom. The number of anilines is 1. The molecule has 2 aromatic carbocycles. The highest BCUT2D eigenvalue weighted by atomic mass is 32.2. The summed E-state index contributed by atoms with van der Waals surface area (Å²) in [5.41, 5.74) is 1.87. The van der Waals surface area contributed by atoms with Gasteiger partial charge in [0.15, 0.2) is 0 Å². The molecule has 1 aliphatic heterocycles. The van der Waals surface area contributed by atoms with Crippen LogP contribution in [0.4, 0.5) is 5.69 Å². The van der Waals surface area contributed by atoms with E-state index >= 15 is 0 Å². The quantitative estimate of drug-likeness (QED) is 0.584. The smallest absolute Gasteiger partial charge is 0.261 e. The molecule has 8 heteroatoms. The van der Waals surface area contributed by atoms with Gasteiger partial charge in [-0.05, 0) is 73.6 Å². The number of sulfonamides is 1. The van der Waals surface area contributed by atoms with Gasteiger partial charge < -0.3 is 10.2 Å². The van der Waals surface area contributed by atoms with Crippen molar-refractivity contribution in [2.75, 3.05) is 17.8 Å². The van der Waals surface area contributed by atoms with Gasteiger partial charge in [-0.15, -0.1) is 0 Å². The zero-order chi connectivity index (χ0) is 25.8. The predicted molar refractivity (Wildman–Crippen MR) is 139 cm³/mol. The molecule has 0 bridgehead atoms. The number of likely N-dealkylation sites (tertiary alicyclic amines) is 1. The van der Waals surface area contributed by atoms with Crippen molar-refractivity contribution in [2.24, 2.45) is 5.92 Å². The normalized spacial score (nSPS) is 16.0. The number of hydrogen-bond donors (Lipinski definition) is 2. The van der Waals surface area contributed by atoms with Crippen LogP contribution in [-0.2, 0) is 20.2 Å². The zero-order valence-corrected chi connectivity index (χ0v) is 22.1. The summed E-state index contributed by atoms with van der Waals surface area (Å²) in [7, 11) is -3.74. The van der Waals surface area contributed by atoms with Crippen molar-refractivity contribution in [1.29, 1.82) is 0 Å². The number of rotatable bonds is 7. The largest absolute Gasteiger partial charge is 0.353 e. The van der Waals surface area contributed by atoms with E-state index in [4.69, 9.17) is 0 Å². The number of nitrogens with zero attached hydrogens (tertiary/aromatic N) is 1. The van der Waals surface area contributed by atoms with Crippen LogP contribution in [0, 0.1) is 5.92 Å². The van der Waals surface area contributed by atoms with Crippen molar-refractivity contribution in [2.45, 2.75) is 70.2 Å². The lowest BCUT2D eigenvalue weighted by Gasteiger charge is -2.32. The topological polar surface area (TPSA) is 95.6 Å². The van der Waals surface area contributed by atoms with E-state index in [2.05, 4.69) is 30.8 Å². The molecule has 1 aliphatic rings. The molecule has 0 aliphatic carbocycles. The van der Waals surface area contributed by atoms with Crippen LogP contribution in [0.25, 0.3) is 0 Å². The van der Waals surface area contributed by atoms with Gasteiger partial charge >= 0.3 is 0 Å². The van der Waals surface area contributed by atoms with Gasteiger partial charge in [0.25, 0.3) is 15.9 Å². The molecule has 1 atom stereocenters. The van der Waals surface area contributed by atoms with Crippen molar-refractivity contribution in [1.82, 2.24) is 10.2 Å². The van der Waals surface area contributed by atoms with E-state index in [0.29, 0.717) is 37.2 Å². The van der Waals surface area contributed by atoms with Crippen LogP contribution >= 0.6 is 0 Å². The Hall–Kier alpha value is -2.87. The lowest BCUT2D eigenvalue weighted by atomic mass is 9.87. The van der Waals surface area contributed by atoms with E-state index in [9.17, 15) is 18.0 Å². The minimum absolute atomic E-state index is 0.0621. The van der Waals surface area contributed by atoms with Gasteiger partial charge in [0.1, 0.15) is 0 Å². The summed E-state index contributed by atoms with van der Waals surface area (Å²) in [6.07, 6.45) is 2.17. The second-order valence-corrected chi connectivity index (χ2v) is 12.0. The molecular weight excluding hydrogens is 462 g/mol. The van der Waals surface area contributed by atoms with Crippen LogP contribution in [0.2, 0.25) is 0 Å². The molecule has 0 spiro atoms. The molecule has 0 aromatic heterocycles. The lowest BCUT2D eigenvalue weighted by molar-refractivity contribution is -0.126. The Kier molecular flexibility index (Phi) is 8.26. The average molecular weight is 500 g/mol. The third-order valence-electron chi connectivity index (χ3n) is 6.57. The van der Waals surface area contributed by atoms with Crippen molar-refractivity contribution in [3.63, 3.8) is 0 Å². The molecule has 3 rings (SSSR count). The van der Waals surface area contributed by atoms with Crippen molar-refractivity contribution < 1.29 is 18.0 Å². The second kappa shape index (κ2) is 10.8. The van der Waals surface area contributed by atoms with Gasteiger partial charge in [-0.25, -0.2) is 8.42 Å². The highest BCUT2D eigenvalue weighted by Crippen LogP contribution is 2.25. The standard InChI is InChI=1S/C27H37N3O4S/c1-6-19(2)28-25(31)20-15-17-30(18-16-20)26(32)21-7-11-23(12-8-21)29-35(33,34)24-13-9-22(10-14-24)27(3,4)5/h7-14,19-20,29H,6,15-18H2,1-5H3,(H,28,31)/t19-/m1/s1. The third-order valence-corrected chi connectivity index (χ3v) is 7.97. The van der Waals surface area contributed by atoms with E-state index in [-0.39, 0.29) is 34.1 Å². The summed E-state index contributed by atoms with van der Waals surface area (Å²) in [6.45, 7) is 11.3. The van der Waals surface area contributed by atoms with Gasteiger partial charge in [-0.1, -0.05) is 39.8 Å². The Morgan fingerprint density at radius 2 is 1.57 bits per heavy atom. The van der Waals surface area contributed by atoms with Crippen molar-refractivity contribution >= 4 is 27.5 Å². The molecule has 0 unspecified atom stereocenters. The molecule has 7 nitrogen and oxygen atoms in total. The van der Waals surface area contributed by atoms with Crippen LogP contribution in [0.5, 0.6) is 0 Å². The predicted octanol–water partition coefficient (Wildman–Crippen LogP) is 4.55. The minimum atomic E-state index is -3.74. The minimum Gasteiger partial charge on any atom is -0.353 e. The lowest BCUT2D eigenvalue weighted by Crippen LogP contribution is -2.44. The maximum Gasteiger partial charge on any atom is 0.261 e. The number of carbonyl (C=O) groups excluding carboxylic acids is 2. The molecular formula is C27H37N3O4S. The summed E-state index contributed by atoms with van der Waals surface area (Å²) in [5, 5.41) is 3.02. The monoisotopic (exact) mass is 499 g/mol. The highest BCUT2D eigenvalue weighted by molar-refractivity contribution is 7.92. The van der Waals surface area contributed by atoms with Crippen LogP contribution < -0.4 is 10.0 Å². The average Bonchev–Trinajstić information content (AvgIpc) is 2.83. The fourth-order valence-corrected chi connectivity index (χ4v) is 5.08.